The predicted octanol–water partition coefficient (Wildman–Crippen LogP) is 4.22. The van der Waals surface area contributed by atoms with Crippen molar-refractivity contribution in [3.8, 4) is 16.9 Å². The van der Waals surface area contributed by atoms with Crippen molar-refractivity contribution in [2.45, 2.75) is 37.3 Å². The fraction of sp³-hybridized carbons (Fsp3) is 0.280. The van der Waals surface area contributed by atoms with Crippen LogP contribution in [0.15, 0.2) is 65.8 Å². The number of carboxylic acids is 1. The first-order valence-electron chi connectivity index (χ1n) is 10.7. The molecule has 0 radical (unpaired) electrons. The highest BCUT2D eigenvalue weighted by molar-refractivity contribution is 7.89. The summed E-state index contributed by atoms with van der Waals surface area (Å²) < 4.78 is 33.6. The molecule has 0 saturated carbocycles. The Kier molecular flexibility index (Phi) is 6.49. The fourth-order valence-electron chi connectivity index (χ4n) is 4.29. The van der Waals surface area contributed by atoms with E-state index in [1.165, 1.54) is 4.31 Å². The Morgan fingerprint density at radius 1 is 1.15 bits per heavy atom. The van der Waals surface area contributed by atoms with Gasteiger partial charge in [0.15, 0.2) is 11.6 Å². The van der Waals surface area contributed by atoms with Crippen molar-refractivity contribution in [1.82, 2.24) is 9.29 Å². The van der Waals surface area contributed by atoms with Crippen molar-refractivity contribution in [3.63, 3.8) is 0 Å². The first-order chi connectivity index (χ1) is 15.8. The number of benzene rings is 2. The molecule has 0 fully saturated rings. The fourth-order valence-corrected chi connectivity index (χ4v) is 5.56. The molecule has 3 aromatic rings. The average molecular weight is 467 g/mol. The monoisotopic (exact) mass is 466 g/mol. The van der Waals surface area contributed by atoms with Gasteiger partial charge < -0.3 is 9.84 Å². The molecule has 7 nitrogen and oxygen atoms in total. The summed E-state index contributed by atoms with van der Waals surface area (Å²) in [6.07, 6.45) is 3.72. The van der Waals surface area contributed by atoms with Gasteiger partial charge in [0.2, 0.25) is 0 Å². The summed E-state index contributed by atoms with van der Waals surface area (Å²) in [6.45, 7) is 1.57. The van der Waals surface area contributed by atoms with E-state index in [1.54, 1.807) is 37.5 Å². The van der Waals surface area contributed by atoms with Crippen molar-refractivity contribution >= 4 is 16.0 Å². The number of carbonyl (C=O) groups is 1. The lowest BCUT2D eigenvalue weighted by atomic mass is 9.87. The Bertz CT molecular complexity index is 1270. The van der Waals surface area contributed by atoms with Gasteiger partial charge in [-0.2, -0.15) is 4.31 Å². The largest absolute Gasteiger partial charge is 0.482 e. The van der Waals surface area contributed by atoms with Gasteiger partial charge in [0.05, 0.1) is 6.04 Å². The summed E-state index contributed by atoms with van der Waals surface area (Å²) >= 11 is 0. The molecule has 33 heavy (non-hydrogen) atoms. The Hall–Kier alpha value is -3.23. The second-order valence-corrected chi connectivity index (χ2v) is 10.1. The Morgan fingerprint density at radius 2 is 1.94 bits per heavy atom. The molecule has 8 heteroatoms. The SMILES string of the molecule is Cc1cccc(-c2ccc(S(=O)(=O)N(C)C3CCCc4c(OCC(=O)O)cccc43)nc2)c1. The van der Waals surface area contributed by atoms with Crippen LogP contribution in [0.25, 0.3) is 11.1 Å². The summed E-state index contributed by atoms with van der Waals surface area (Å²) in [5, 5.41) is 8.93. The van der Waals surface area contributed by atoms with Crippen LogP contribution >= 0.6 is 0 Å². The summed E-state index contributed by atoms with van der Waals surface area (Å²) in [5.74, 6) is -0.564. The van der Waals surface area contributed by atoms with Crippen LogP contribution in [0, 0.1) is 6.92 Å². The lowest BCUT2D eigenvalue weighted by Gasteiger charge is -2.33. The Labute approximate surface area is 193 Å². The van der Waals surface area contributed by atoms with E-state index in [0.717, 1.165) is 34.2 Å². The normalized spacial score (nSPS) is 15.8. The number of ether oxygens (including phenoxy) is 1. The van der Waals surface area contributed by atoms with Gasteiger partial charge in [-0.15, -0.1) is 0 Å². The van der Waals surface area contributed by atoms with Crippen LogP contribution in [0.5, 0.6) is 5.75 Å². The number of aromatic nitrogens is 1. The van der Waals surface area contributed by atoms with Gasteiger partial charge in [-0.25, -0.2) is 18.2 Å². The molecule has 0 bridgehead atoms. The highest BCUT2D eigenvalue weighted by Crippen LogP contribution is 2.40. The number of rotatable bonds is 7. The zero-order valence-electron chi connectivity index (χ0n) is 18.6. The molecular weight excluding hydrogens is 440 g/mol. The maximum absolute atomic E-state index is 13.4. The lowest BCUT2D eigenvalue weighted by Crippen LogP contribution is -2.34. The molecule has 0 aliphatic heterocycles. The molecule has 2 aromatic carbocycles. The van der Waals surface area contributed by atoms with E-state index in [1.807, 2.05) is 37.3 Å². The van der Waals surface area contributed by atoms with Crippen LogP contribution < -0.4 is 4.74 Å². The van der Waals surface area contributed by atoms with Gasteiger partial charge in [0.1, 0.15) is 5.75 Å². The molecule has 172 valence electrons. The quantitative estimate of drug-likeness (QED) is 0.560. The highest BCUT2D eigenvalue weighted by Gasteiger charge is 2.34. The minimum Gasteiger partial charge on any atom is -0.482 e. The predicted molar refractivity (Wildman–Crippen MR) is 125 cm³/mol. The van der Waals surface area contributed by atoms with Crippen LogP contribution in [0.3, 0.4) is 0 Å². The van der Waals surface area contributed by atoms with Gasteiger partial charge in [-0.1, -0.05) is 42.0 Å². The molecule has 4 rings (SSSR count). The highest BCUT2D eigenvalue weighted by atomic mass is 32.2. The van der Waals surface area contributed by atoms with E-state index in [2.05, 4.69) is 4.98 Å². The van der Waals surface area contributed by atoms with E-state index in [9.17, 15) is 13.2 Å². The first kappa shape index (κ1) is 22.9. The molecule has 1 N–H and O–H groups in total. The molecule has 0 amide bonds. The molecule has 0 saturated heterocycles. The molecule has 1 aliphatic rings. The molecular formula is C25H26N2O5S. The van der Waals surface area contributed by atoms with Gasteiger partial charge >= 0.3 is 5.97 Å². The zero-order chi connectivity index (χ0) is 23.6. The van der Waals surface area contributed by atoms with E-state index in [4.69, 9.17) is 9.84 Å². The second kappa shape index (κ2) is 9.33. The molecule has 1 aliphatic carbocycles. The number of aliphatic carboxylic acids is 1. The molecule has 1 unspecified atom stereocenters. The summed E-state index contributed by atoms with van der Waals surface area (Å²) in [7, 11) is -2.27. The molecule has 1 heterocycles. The van der Waals surface area contributed by atoms with Crippen molar-refractivity contribution in [2.75, 3.05) is 13.7 Å². The van der Waals surface area contributed by atoms with Gasteiger partial charge in [0.25, 0.3) is 10.0 Å². The smallest absolute Gasteiger partial charge is 0.341 e. The summed E-state index contributed by atoms with van der Waals surface area (Å²) in [5.41, 5.74) is 4.65. The van der Waals surface area contributed by atoms with Crippen LogP contribution in [0.4, 0.5) is 0 Å². The topological polar surface area (TPSA) is 96.8 Å². The minimum absolute atomic E-state index is 0.00758. The zero-order valence-corrected chi connectivity index (χ0v) is 19.4. The van der Waals surface area contributed by atoms with Crippen LogP contribution in [0.2, 0.25) is 0 Å². The van der Waals surface area contributed by atoms with Crippen molar-refractivity contribution in [3.05, 3.63) is 77.5 Å². The summed E-state index contributed by atoms with van der Waals surface area (Å²) in [6, 6.07) is 16.3. The third-order valence-electron chi connectivity index (χ3n) is 5.95. The maximum atomic E-state index is 13.4. The number of pyridine rings is 1. The summed E-state index contributed by atoms with van der Waals surface area (Å²) in [4.78, 5) is 15.2. The first-order valence-corrected chi connectivity index (χ1v) is 12.2. The average Bonchev–Trinajstić information content (AvgIpc) is 2.82. The van der Waals surface area contributed by atoms with Crippen LogP contribution in [-0.4, -0.2) is 42.4 Å². The van der Waals surface area contributed by atoms with Crippen molar-refractivity contribution < 1.29 is 23.1 Å². The number of nitrogens with zero attached hydrogens (tertiary/aromatic N) is 2. The van der Waals surface area contributed by atoms with E-state index < -0.39 is 22.6 Å². The lowest BCUT2D eigenvalue weighted by molar-refractivity contribution is -0.139. The standard InChI is InChI=1S/C25H26N2O5S/c1-17-6-3-7-18(14-17)19-12-13-24(26-15-19)33(30,31)27(2)22-10-4-9-21-20(22)8-5-11-23(21)32-16-25(28)29/h3,5-8,11-15,22H,4,9-10,16H2,1-2H3,(H,28,29). The van der Waals surface area contributed by atoms with E-state index in [0.29, 0.717) is 18.6 Å². The molecule has 1 atom stereocenters. The number of sulfonamides is 1. The van der Waals surface area contributed by atoms with Gasteiger partial charge in [-0.05, 0) is 61.1 Å². The van der Waals surface area contributed by atoms with Crippen molar-refractivity contribution in [1.29, 1.82) is 0 Å². The Balaban J connectivity index is 1.61. The number of carboxylic acid groups (broad SMARTS) is 1. The number of hydrogen-bond donors (Lipinski definition) is 1. The van der Waals surface area contributed by atoms with E-state index >= 15 is 0 Å². The Morgan fingerprint density at radius 3 is 2.64 bits per heavy atom. The number of hydrogen-bond acceptors (Lipinski definition) is 5. The third kappa shape index (κ3) is 4.77. The second-order valence-electron chi connectivity index (χ2n) is 8.19. The van der Waals surface area contributed by atoms with Crippen molar-refractivity contribution in [2.24, 2.45) is 0 Å². The molecule has 1 aromatic heterocycles. The minimum atomic E-state index is -3.84. The third-order valence-corrected chi connectivity index (χ3v) is 7.74. The van der Waals surface area contributed by atoms with E-state index in [-0.39, 0.29) is 11.1 Å². The number of aryl methyl sites for hydroxylation is 1. The van der Waals surface area contributed by atoms with Gasteiger partial charge in [0, 0.05) is 18.8 Å². The van der Waals surface area contributed by atoms with Crippen LogP contribution in [-0.2, 0) is 21.2 Å². The van der Waals surface area contributed by atoms with Crippen LogP contribution in [0.1, 0.15) is 35.6 Å². The molecule has 0 spiro atoms. The number of fused-ring (bicyclic) bond motifs is 1. The maximum Gasteiger partial charge on any atom is 0.341 e. The van der Waals surface area contributed by atoms with Gasteiger partial charge in [-0.3, -0.25) is 0 Å².